The molecule has 1 aromatic rings. The standard InChI is InChI=1S/C10H17N3/c1-8-7-12-6-4-10(8)13-9(2)3-5-11/h4,6-7,9H,3,5,11H2,1-2H3,(H,12,13). The van der Waals surface area contributed by atoms with Gasteiger partial charge in [-0.3, -0.25) is 4.98 Å². The van der Waals surface area contributed by atoms with E-state index in [0.29, 0.717) is 6.04 Å². The molecule has 1 atom stereocenters. The van der Waals surface area contributed by atoms with Crippen molar-refractivity contribution >= 4 is 5.69 Å². The Labute approximate surface area is 79.4 Å². The second-order valence-electron chi connectivity index (χ2n) is 3.31. The van der Waals surface area contributed by atoms with Gasteiger partial charge in [-0.25, -0.2) is 0 Å². The van der Waals surface area contributed by atoms with E-state index < -0.39 is 0 Å². The summed E-state index contributed by atoms with van der Waals surface area (Å²) in [6.45, 7) is 4.90. The number of hydrogen-bond donors (Lipinski definition) is 2. The fourth-order valence-electron chi connectivity index (χ4n) is 1.22. The lowest BCUT2D eigenvalue weighted by Gasteiger charge is -2.15. The number of pyridine rings is 1. The van der Waals surface area contributed by atoms with Gasteiger partial charge < -0.3 is 11.1 Å². The normalized spacial score (nSPS) is 12.5. The second kappa shape index (κ2) is 4.82. The molecule has 1 unspecified atom stereocenters. The minimum absolute atomic E-state index is 0.422. The molecular weight excluding hydrogens is 162 g/mol. The molecular formula is C10H17N3. The summed E-state index contributed by atoms with van der Waals surface area (Å²) in [4.78, 5) is 4.03. The smallest absolute Gasteiger partial charge is 0.0402 e. The number of nitrogens with one attached hydrogen (secondary N) is 1. The molecule has 0 fully saturated rings. The van der Waals surface area contributed by atoms with Crippen LogP contribution in [0, 0.1) is 6.92 Å². The summed E-state index contributed by atoms with van der Waals surface area (Å²) >= 11 is 0. The van der Waals surface area contributed by atoms with Gasteiger partial charge >= 0.3 is 0 Å². The lowest BCUT2D eigenvalue weighted by molar-refractivity contribution is 0.716. The van der Waals surface area contributed by atoms with Gasteiger partial charge in [-0.1, -0.05) is 0 Å². The highest BCUT2D eigenvalue weighted by Gasteiger charge is 2.01. The molecule has 0 aliphatic heterocycles. The lowest BCUT2D eigenvalue weighted by Crippen LogP contribution is -2.19. The fourth-order valence-corrected chi connectivity index (χ4v) is 1.22. The predicted molar refractivity (Wildman–Crippen MR) is 55.7 cm³/mol. The molecule has 3 nitrogen and oxygen atoms in total. The maximum absolute atomic E-state index is 5.47. The molecule has 0 aromatic carbocycles. The number of anilines is 1. The summed E-state index contributed by atoms with van der Waals surface area (Å²) in [5.74, 6) is 0. The number of nitrogens with zero attached hydrogens (tertiary/aromatic N) is 1. The van der Waals surface area contributed by atoms with Crippen molar-refractivity contribution in [1.29, 1.82) is 0 Å². The molecule has 0 spiro atoms. The highest BCUT2D eigenvalue weighted by atomic mass is 14.9. The lowest BCUT2D eigenvalue weighted by atomic mass is 10.2. The molecule has 0 aliphatic rings. The van der Waals surface area contributed by atoms with Crippen LogP contribution in [0.25, 0.3) is 0 Å². The second-order valence-corrected chi connectivity index (χ2v) is 3.31. The molecule has 1 rings (SSSR count). The van der Waals surface area contributed by atoms with Gasteiger partial charge in [0.2, 0.25) is 0 Å². The Morgan fingerprint density at radius 3 is 3.00 bits per heavy atom. The third kappa shape index (κ3) is 3.03. The summed E-state index contributed by atoms with van der Waals surface area (Å²) in [5, 5.41) is 3.39. The molecule has 1 heterocycles. The van der Waals surface area contributed by atoms with E-state index in [0.717, 1.165) is 18.7 Å². The van der Waals surface area contributed by atoms with Gasteiger partial charge in [0.15, 0.2) is 0 Å². The van der Waals surface area contributed by atoms with E-state index in [1.165, 1.54) is 5.56 Å². The SMILES string of the molecule is Cc1cnccc1NC(C)CCN. The highest BCUT2D eigenvalue weighted by molar-refractivity contribution is 5.49. The maximum atomic E-state index is 5.47. The Kier molecular flexibility index (Phi) is 3.71. The van der Waals surface area contributed by atoms with Crippen LogP contribution in [0.5, 0.6) is 0 Å². The summed E-state index contributed by atoms with van der Waals surface area (Å²) in [7, 11) is 0. The van der Waals surface area contributed by atoms with E-state index in [4.69, 9.17) is 5.73 Å². The molecule has 3 N–H and O–H groups in total. The third-order valence-corrected chi connectivity index (χ3v) is 2.02. The molecule has 1 aromatic heterocycles. The van der Waals surface area contributed by atoms with Gasteiger partial charge in [0.1, 0.15) is 0 Å². The van der Waals surface area contributed by atoms with Crippen molar-refractivity contribution in [3.63, 3.8) is 0 Å². The number of rotatable bonds is 4. The monoisotopic (exact) mass is 179 g/mol. The first-order valence-corrected chi connectivity index (χ1v) is 4.61. The van der Waals surface area contributed by atoms with E-state index >= 15 is 0 Å². The van der Waals surface area contributed by atoms with Crippen molar-refractivity contribution in [2.24, 2.45) is 5.73 Å². The molecule has 0 radical (unpaired) electrons. The van der Waals surface area contributed by atoms with Crippen LogP contribution in [-0.2, 0) is 0 Å². The summed E-state index contributed by atoms with van der Waals surface area (Å²) in [5.41, 5.74) is 7.79. The quantitative estimate of drug-likeness (QED) is 0.737. The zero-order valence-corrected chi connectivity index (χ0v) is 8.25. The largest absolute Gasteiger partial charge is 0.382 e. The summed E-state index contributed by atoms with van der Waals surface area (Å²) < 4.78 is 0. The van der Waals surface area contributed by atoms with Gasteiger partial charge in [-0.05, 0) is 38.4 Å². The maximum Gasteiger partial charge on any atom is 0.0402 e. The van der Waals surface area contributed by atoms with Crippen LogP contribution < -0.4 is 11.1 Å². The zero-order chi connectivity index (χ0) is 9.68. The first-order chi connectivity index (χ1) is 6.24. The Balaban J connectivity index is 2.58. The van der Waals surface area contributed by atoms with E-state index in [1.807, 2.05) is 19.2 Å². The van der Waals surface area contributed by atoms with Gasteiger partial charge in [0, 0.05) is 24.1 Å². The van der Waals surface area contributed by atoms with Gasteiger partial charge in [-0.2, -0.15) is 0 Å². The van der Waals surface area contributed by atoms with Crippen LogP contribution in [0.1, 0.15) is 18.9 Å². The average molecular weight is 179 g/mol. The number of aromatic nitrogens is 1. The van der Waals surface area contributed by atoms with Crippen molar-refractivity contribution in [3.05, 3.63) is 24.0 Å². The highest BCUT2D eigenvalue weighted by Crippen LogP contribution is 2.13. The summed E-state index contributed by atoms with van der Waals surface area (Å²) in [6, 6.07) is 2.41. The van der Waals surface area contributed by atoms with E-state index in [1.54, 1.807) is 6.20 Å². The third-order valence-electron chi connectivity index (χ3n) is 2.02. The Morgan fingerprint density at radius 1 is 1.62 bits per heavy atom. The van der Waals surface area contributed by atoms with Crippen LogP contribution in [0.3, 0.4) is 0 Å². The minimum Gasteiger partial charge on any atom is -0.382 e. The van der Waals surface area contributed by atoms with Crippen molar-refractivity contribution in [1.82, 2.24) is 4.98 Å². The molecule has 0 bridgehead atoms. The average Bonchev–Trinajstić information content (AvgIpc) is 2.09. The van der Waals surface area contributed by atoms with Crippen molar-refractivity contribution in [2.45, 2.75) is 26.3 Å². The molecule has 72 valence electrons. The molecule has 3 heteroatoms. The van der Waals surface area contributed by atoms with Gasteiger partial charge in [-0.15, -0.1) is 0 Å². The van der Waals surface area contributed by atoms with Crippen LogP contribution in [0.15, 0.2) is 18.5 Å². The Hall–Kier alpha value is -1.09. The summed E-state index contributed by atoms with van der Waals surface area (Å²) in [6.07, 6.45) is 4.64. The van der Waals surface area contributed by atoms with Crippen LogP contribution in [-0.4, -0.2) is 17.6 Å². The molecule has 0 saturated carbocycles. The molecule has 0 saturated heterocycles. The first-order valence-electron chi connectivity index (χ1n) is 4.61. The van der Waals surface area contributed by atoms with E-state index in [9.17, 15) is 0 Å². The van der Waals surface area contributed by atoms with Crippen LogP contribution in [0.2, 0.25) is 0 Å². The Bertz CT molecular complexity index is 260. The first kappa shape index (κ1) is 9.99. The van der Waals surface area contributed by atoms with E-state index in [-0.39, 0.29) is 0 Å². The van der Waals surface area contributed by atoms with Crippen LogP contribution in [0.4, 0.5) is 5.69 Å². The number of nitrogens with two attached hydrogens (primary N) is 1. The predicted octanol–water partition coefficient (Wildman–Crippen LogP) is 1.54. The van der Waals surface area contributed by atoms with Crippen molar-refractivity contribution in [3.8, 4) is 0 Å². The zero-order valence-electron chi connectivity index (χ0n) is 8.25. The molecule has 13 heavy (non-hydrogen) atoms. The Morgan fingerprint density at radius 2 is 2.38 bits per heavy atom. The molecule has 0 aliphatic carbocycles. The molecule has 0 amide bonds. The van der Waals surface area contributed by atoms with Gasteiger partial charge in [0.25, 0.3) is 0 Å². The topological polar surface area (TPSA) is 50.9 Å². The van der Waals surface area contributed by atoms with Crippen LogP contribution >= 0.6 is 0 Å². The number of aryl methyl sites for hydroxylation is 1. The fraction of sp³-hybridized carbons (Fsp3) is 0.500. The minimum atomic E-state index is 0.422. The van der Waals surface area contributed by atoms with Crippen molar-refractivity contribution in [2.75, 3.05) is 11.9 Å². The number of hydrogen-bond acceptors (Lipinski definition) is 3. The van der Waals surface area contributed by atoms with Gasteiger partial charge in [0.05, 0.1) is 0 Å². The van der Waals surface area contributed by atoms with Crippen molar-refractivity contribution < 1.29 is 0 Å². The van der Waals surface area contributed by atoms with E-state index in [2.05, 4.69) is 17.2 Å².